The van der Waals surface area contributed by atoms with Crippen molar-refractivity contribution in [3.63, 3.8) is 0 Å². The smallest absolute Gasteiger partial charge is 0.336 e. The molecule has 3 rings (SSSR count). The number of non-ortho nitro benzene ring substituents is 1. The average molecular weight is 326 g/mol. The summed E-state index contributed by atoms with van der Waals surface area (Å²) in [6, 6.07) is 10.6. The van der Waals surface area contributed by atoms with Crippen LogP contribution in [0, 0.1) is 17.0 Å². The predicted molar refractivity (Wildman–Crippen MR) is 89.3 cm³/mol. The van der Waals surface area contributed by atoms with E-state index in [0.717, 1.165) is 16.5 Å². The van der Waals surface area contributed by atoms with E-state index < -0.39 is 10.5 Å². The molecule has 0 spiro atoms. The van der Waals surface area contributed by atoms with Gasteiger partial charge in [0, 0.05) is 36.2 Å². The van der Waals surface area contributed by atoms with Crippen LogP contribution in [0.15, 0.2) is 51.7 Å². The molecule has 1 heterocycles. The zero-order valence-electron chi connectivity index (χ0n) is 12.8. The highest BCUT2D eigenvalue weighted by molar-refractivity contribution is 5.86. The number of nitrogens with one attached hydrogen (secondary N) is 1. The zero-order chi connectivity index (χ0) is 17.3. The molecule has 7 nitrogen and oxygen atoms in total. The number of hydrogen-bond acceptors (Lipinski definition) is 6. The van der Waals surface area contributed by atoms with Crippen LogP contribution in [0.2, 0.25) is 0 Å². The second-order valence-corrected chi connectivity index (χ2v) is 5.39. The van der Waals surface area contributed by atoms with Crippen LogP contribution in [-0.2, 0) is 6.54 Å². The van der Waals surface area contributed by atoms with E-state index in [9.17, 15) is 20.0 Å². The van der Waals surface area contributed by atoms with Crippen molar-refractivity contribution in [2.75, 3.05) is 5.32 Å². The number of phenolic OH excluding ortho intramolecular Hbond substituents is 1. The molecule has 0 atom stereocenters. The Hall–Kier alpha value is -3.35. The molecule has 0 saturated carbocycles. The zero-order valence-corrected chi connectivity index (χ0v) is 12.8. The SMILES string of the molecule is Cc1cc(=O)oc2cc(O)c(NCc3ccc([N+](=O)[O-])cc3)cc12. The summed E-state index contributed by atoms with van der Waals surface area (Å²) in [6.07, 6.45) is 0. The van der Waals surface area contributed by atoms with Crippen molar-refractivity contribution in [3.8, 4) is 5.75 Å². The van der Waals surface area contributed by atoms with Crippen LogP contribution >= 0.6 is 0 Å². The lowest BCUT2D eigenvalue weighted by Crippen LogP contribution is -2.02. The Kier molecular flexibility index (Phi) is 3.91. The topological polar surface area (TPSA) is 106 Å². The predicted octanol–water partition coefficient (Wildman–Crippen LogP) is 3.33. The molecular weight excluding hydrogens is 312 g/mol. The first-order chi connectivity index (χ1) is 11.4. The van der Waals surface area contributed by atoms with Crippen molar-refractivity contribution in [3.05, 3.63) is 74.1 Å². The maximum absolute atomic E-state index is 11.4. The number of nitrogens with zero attached hydrogens (tertiary/aromatic N) is 1. The summed E-state index contributed by atoms with van der Waals surface area (Å²) >= 11 is 0. The average Bonchev–Trinajstić information content (AvgIpc) is 2.53. The number of benzene rings is 2. The van der Waals surface area contributed by atoms with Crippen LogP contribution in [0.25, 0.3) is 11.0 Å². The van der Waals surface area contributed by atoms with Crippen LogP contribution in [0.3, 0.4) is 0 Å². The lowest BCUT2D eigenvalue weighted by Gasteiger charge is -2.10. The standard InChI is InChI=1S/C17H14N2O5/c1-10-6-17(21)24-16-8-15(20)14(7-13(10)16)18-9-11-2-4-12(5-3-11)19(22)23/h2-8,18,20H,9H2,1H3. The number of hydrogen-bond donors (Lipinski definition) is 2. The number of fused-ring (bicyclic) bond motifs is 1. The van der Waals surface area contributed by atoms with Crippen molar-refractivity contribution in [1.29, 1.82) is 0 Å². The summed E-state index contributed by atoms with van der Waals surface area (Å²) in [5, 5.41) is 24.5. The van der Waals surface area contributed by atoms with Gasteiger partial charge in [0.2, 0.25) is 0 Å². The minimum absolute atomic E-state index is 0.0259. The second kappa shape index (κ2) is 6.04. The molecule has 2 aromatic carbocycles. The minimum atomic E-state index is -0.467. The number of anilines is 1. The van der Waals surface area contributed by atoms with E-state index in [0.29, 0.717) is 17.8 Å². The van der Waals surface area contributed by atoms with Gasteiger partial charge >= 0.3 is 5.63 Å². The first-order valence-corrected chi connectivity index (χ1v) is 7.19. The number of aryl methyl sites for hydroxylation is 1. The monoisotopic (exact) mass is 326 g/mol. The van der Waals surface area contributed by atoms with E-state index >= 15 is 0 Å². The summed E-state index contributed by atoms with van der Waals surface area (Å²) in [7, 11) is 0. The third-order valence-corrected chi connectivity index (χ3v) is 3.70. The largest absolute Gasteiger partial charge is 0.506 e. The fourth-order valence-corrected chi connectivity index (χ4v) is 2.43. The van der Waals surface area contributed by atoms with Gasteiger partial charge in [-0.05, 0) is 24.1 Å². The Morgan fingerprint density at radius 3 is 2.58 bits per heavy atom. The molecule has 0 unspecified atom stereocenters. The fourth-order valence-electron chi connectivity index (χ4n) is 2.43. The molecule has 3 aromatic rings. The molecule has 1 aromatic heterocycles. The molecule has 0 aliphatic heterocycles. The number of phenols is 1. The molecular formula is C17H14N2O5. The molecule has 2 N–H and O–H groups in total. The number of rotatable bonds is 4. The molecule has 122 valence electrons. The summed E-state index contributed by atoms with van der Waals surface area (Å²) < 4.78 is 5.07. The normalized spacial score (nSPS) is 10.7. The lowest BCUT2D eigenvalue weighted by molar-refractivity contribution is -0.384. The molecule has 0 saturated heterocycles. The molecule has 0 fully saturated rings. The van der Waals surface area contributed by atoms with E-state index in [2.05, 4.69) is 5.32 Å². The van der Waals surface area contributed by atoms with Crippen LogP contribution < -0.4 is 10.9 Å². The van der Waals surface area contributed by atoms with Crippen molar-refractivity contribution in [2.24, 2.45) is 0 Å². The Bertz CT molecular complexity index is 977. The van der Waals surface area contributed by atoms with Gasteiger partial charge in [0.15, 0.2) is 0 Å². The third-order valence-electron chi connectivity index (χ3n) is 3.70. The van der Waals surface area contributed by atoms with E-state index in [-0.39, 0.29) is 11.4 Å². The van der Waals surface area contributed by atoms with Crippen molar-refractivity contribution >= 4 is 22.3 Å². The highest BCUT2D eigenvalue weighted by Gasteiger charge is 2.09. The quantitative estimate of drug-likeness (QED) is 0.330. The van der Waals surface area contributed by atoms with E-state index in [1.165, 1.54) is 24.3 Å². The van der Waals surface area contributed by atoms with Gasteiger partial charge in [0.25, 0.3) is 5.69 Å². The van der Waals surface area contributed by atoms with Crippen LogP contribution in [0.5, 0.6) is 5.75 Å². The molecule has 0 amide bonds. The number of nitro groups is 1. The summed E-state index contributed by atoms with van der Waals surface area (Å²) in [4.78, 5) is 21.6. The van der Waals surface area contributed by atoms with Crippen LogP contribution in [0.4, 0.5) is 11.4 Å². The maximum atomic E-state index is 11.4. The van der Waals surface area contributed by atoms with Gasteiger partial charge in [0.1, 0.15) is 11.3 Å². The Morgan fingerprint density at radius 1 is 1.21 bits per heavy atom. The Morgan fingerprint density at radius 2 is 1.92 bits per heavy atom. The summed E-state index contributed by atoms with van der Waals surface area (Å²) in [5.74, 6) is -0.0434. The summed E-state index contributed by atoms with van der Waals surface area (Å²) in [5.41, 5.74) is 1.94. The van der Waals surface area contributed by atoms with Gasteiger partial charge < -0.3 is 14.8 Å². The number of nitro benzene ring substituents is 1. The maximum Gasteiger partial charge on any atom is 0.336 e. The summed E-state index contributed by atoms with van der Waals surface area (Å²) in [6.45, 7) is 2.17. The number of aromatic hydroxyl groups is 1. The Balaban J connectivity index is 1.86. The van der Waals surface area contributed by atoms with E-state index in [1.54, 1.807) is 25.1 Å². The van der Waals surface area contributed by atoms with Gasteiger partial charge in [0.05, 0.1) is 10.6 Å². The highest BCUT2D eigenvalue weighted by atomic mass is 16.6. The first-order valence-electron chi connectivity index (χ1n) is 7.19. The molecule has 0 bridgehead atoms. The third kappa shape index (κ3) is 3.05. The van der Waals surface area contributed by atoms with Gasteiger partial charge in [-0.25, -0.2) is 4.79 Å². The van der Waals surface area contributed by atoms with Crippen LogP contribution in [0.1, 0.15) is 11.1 Å². The van der Waals surface area contributed by atoms with Crippen LogP contribution in [-0.4, -0.2) is 10.0 Å². The highest BCUT2D eigenvalue weighted by Crippen LogP contribution is 2.30. The van der Waals surface area contributed by atoms with Gasteiger partial charge in [-0.2, -0.15) is 0 Å². The fraction of sp³-hybridized carbons (Fsp3) is 0.118. The minimum Gasteiger partial charge on any atom is -0.506 e. The van der Waals surface area contributed by atoms with Crippen molar-refractivity contribution < 1.29 is 14.4 Å². The van der Waals surface area contributed by atoms with Crippen molar-refractivity contribution in [1.82, 2.24) is 0 Å². The Labute approximate surface area is 136 Å². The van der Waals surface area contributed by atoms with Crippen molar-refractivity contribution in [2.45, 2.75) is 13.5 Å². The second-order valence-electron chi connectivity index (χ2n) is 5.39. The first kappa shape index (κ1) is 15.5. The lowest BCUT2D eigenvalue weighted by atomic mass is 10.1. The van der Waals surface area contributed by atoms with E-state index in [4.69, 9.17) is 4.42 Å². The van der Waals surface area contributed by atoms with Gasteiger partial charge in [-0.3, -0.25) is 10.1 Å². The van der Waals surface area contributed by atoms with E-state index in [1.807, 2.05) is 0 Å². The van der Waals surface area contributed by atoms with Gasteiger partial charge in [-0.1, -0.05) is 12.1 Å². The van der Waals surface area contributed by atoms with Gasteiger partial charge in [-0.15, -0.1) is 0 Å². The molecule has 0 aliphatic rings. The molecule has 7 heteroatoms. The molecule has 0 radical (unpaired) electrons. The molecule has 24 heavy (non-hydrogen) atoms. The molecule has 0 aliphatic carbocycles.